The molecule has 1 unspecified atom stereocenters. The molecule has 35 heavy (non-hydrogen) atoms. The first-order valence-electron chi connectivity index (χ1n) is 11.4. The zero-order valence-electron chi connectivity index (χ0n) is 19.8. The molecule has 1 aliphatic rings. The van der Waals surface area contributed by atoms with E-state index in [2.05, 4.69) is 17.4 Å². The topological polar surface area (TPSA) is 64.6 Å². The summed E-state index contributed by atoms with van der Waals surface area (Å²) in [6, 6.07) is 19.2. The molecule has 1 amide bonds. The molecule has 182 valence electrons. The fourth-order valence-corrected chi connectivity index (χ4v) is 4.37. The molecule has 7 heteroatoms. The van der Waals surface area contributed by atoms with E-state index >= 15 is 0 Å². The van der Waals surface area contributed by atoms with E-state index < -0.39 is 29.5 Å². The number of hydrogen-bond acceptors (Lipinski definition) is 4. The predicted octanol–water partition coefficient (Wildman–Crippen LogP) is 6.27. The Morgan fingerprint density at radius 3 is 2.17 bits per heavy atom. The van der Waals surface area contributed by atoms with E-state index in [0.717, 1.165) is 22.3 Å². The van der Waals surface area contributed by atoms with Crippen LogP contribution in [0.4, 0.5) is 9.18 Å². The molecule has 0 saturated heterocycles. The molecule has 0 bridgehead atoms. The van der Waals surface area contributed by atoms with E-state index in [4.69, 9.17) is 21.1 Å². The molecular formula is C28H27ClFNO4. The van der Waals surface area contributed by atoms with Crippen LogP contribution < -0.4 is 5.32 Å². The molecule has 3 aromatic carbocycles. The van der Waals surface area contributed by atoms with Crippen molar-refractivity contribution in [1.29, 1.82) is 0 Å². The third-order valence-electron chi connectivity index (χ3n) is 5.75. The van der Waals surface area contributed by atoms with Crippen molar-refractivity contribution < 1.29 is 23.5 Å². The summed E-state index contributed by atoms with van der Waals surface area (Å²) in [5.74, 6) is -1.35. The van der Waals surface area contributed by atoms with Crippen molar-refractivity contribution >= 4 is 23.7 Å². The molecule has 0 spiro atoms. The number of amides is 1. The van der Waals surface area contributed by atoms with Gasteiger partial charge in [0.2, 0.25) is 0 Å². The molecule has 1 N–H and O–H groups in total. The molecule has 1 aliphatic carbocycles. The van der Waals surface area contributed by atoms with Crippen LogP contribution in [0.2, 0.25) is 5.02 Å². The van der Waals surface area contributed by atoms with Gasteiger partial charge in [0.25, 0.3) is 0 Å². The van der Waals surface area contributed by atoms with E-state index in [1.165, 1.54) is 12.1 Å². The highest BCUT2D eigenvalue weighted by Gasteiger charge is 2.31. The third kappa shape index (κ3) is 5.82. The summed E-state index contributed by atoms with van der Waals surface area (Å²) in [6.07, 6.45) is -0.732. The van der Waals surface area contributed by atoms with Crippen molar-refractivity contribution in [3.05, 3.63) is 94.3 Å². The van der Waals surface area contributed by atoms with Crippen molar-refractivity contribution in [2.45, 2.75) is 44.8 Å². The summed E-state index contributed by atoms with van der Waals surface area (Å²) < 4.78 is 25.0. The number of hydrogen-bond donors (Lipinski definition) is 1. The molecule has 4 rings (SSSR count). The second-order valence-corrected chi connectivity index (χ2v) is 9.92. The van der Waals surface area contributed by atoms with Crippen molar-refractivity contribution in [2.24, 2.45) is 0 Å². The molecule has 5 nitrogen and oxygen atoms in total. The maximum absolute atomic E-state index is 13.9. The van der Waals surface area contributed by atoms with Gasteiger partial charge in [-0.1, -0.05) is 66.2 Å². The maximum atomic E-state index is 13.9. The number of carbonyl (C=O) groups is 2. The Labute approximate surface area is 209 Å². The maximum Gasteiger partial charge on any atom is 0.407 e. The van der Waals surface area contributed by atoms with Gasteiger partial charge in [0.15, 0.2) is 0 Å². The second kappa shape index (κ2) is 10.1. The van der Waals surface area contributed by atoms with Crippen LogP contribution in [0.15, 0.2) is 66.7 Å². The molecular weight excluding hydrogens is 469 g/mol. The Balaban J connectivity index is 1.48. The SMILES string of the molecule is CC(C)(C)OC(=O)C(Cc1ccc(Cl)c(F)c1)NC(=O)OCC1c2ccccc2-c2ccccc21. The van der Waals surface area contributed by atoms with Crippen LogP contribution in [0.5, 0.6) is 0 Å². The lowest BCUT2D eigenvalue weighted by atomic mass is 9.98. The van der Waals surface area contributed by atoms with Crippen molar-refractivity contribution in [3.63, 3.8) is 0 Å². The minimum absolute atomic E-state index is 0.0210. The van der Waals surface area contributed by atoms with Gasteiger partial charge in [0, 0.05) is 12.3 Å². The van der Waals surface area contributed by atoms with Crippen LogP contribution in [0.25, 0.3) is 11.1 Å². The summed E-state index contributed by atoms with van der Waals surface area (Å²) in [7, 11) is 0. The molecule has 3 aromatic rings. The number of esters is 1. The van der Waals surface area contributed by atoms with Crippen LogP contribution >= 0.6 is 11.6 Å². The first kappa shape index (κ1) is 24.7. The van der Waals surface area contributed by atoms with Gasteiger partial charge in [-0.25, -0.2) is 14.0 Å². The lowest BCUT2D eigenvalue weighted by molar-refractivity contribution is -0.157. The molecule has 0 saturated carbocycles. The van der Waals surface area contributed by atoms with Crippen LogP contribution in [0.3, 0.4) is 0 Å². The lowest BCUT2D eigenvalue weighted by Gasteiger charge is -2.25. The number of halogens is 2. The number of carbonyl (C=O) groups excluding carboxylic acids is 2. The van der Waals surface area contributed by atoms with Gasteiger partial charge in [-0.3, -0.25) is 0 Å². The molecule has 0 radical (unpaired) electrons. The van der Waals surface area contributed by atoms with Crippen molar-refractivity contribution in [3.8, 4) is 11.1 Å². The van der Waals surface area contributed by atoms with Gasteiger partial charge in [0.05, 0.1) is 5.02 Å². The Morgan fingerprint density at radius 1 is 1.00 bits per heavy atom. The zero-order chi connectivity index (χ0) is 25.2. The fraction of sp³-hybridized carbons (Fsp3) is 0.286. The number of alkyl carbamates (subject to hydrolysis) is 1. The molecule has 0 aliphatic heterocycles. The summed E-state index contributed by atoms with van der Waals surface area (Å²) in [4.78, 5) is 25.6. The predicted molar refractivity (Wildman–Crippen MR) is 133 cm³/mol. The van der Waals surface area contributed by atoms with Crippen LogP contribution in [0, 0.1) is 5.82 Å². The van der Waals surface area contributed by atoms with Crippen molar-refractivity contribution in [2.75, 3.05) is 6.61 Å². The third-order valence-corrected chi connectivity index (χ3v) is 6.06. The van der Waals surface area contributed by atoms with Gasteiger partial charge >= 0.3 is 12.1 Å². The fourth-order valence-electron chi connectivity index (χ4n) is 4.25. The van der Waals surface area contributed by atoms with E-state index in [1.54, 1.807) is 26.8 Å². The van der Waals surface area contributed by atoms with Gasteiger partial charge in [-0.2, -0.15) is 0 Å². The standard InChI is InChI=1S/C28H27ClFNO4/c1-28(2,3)35-26(32)25(15-17-12-13-23(29)24(30)14-17)31-27(33)34-16-22-20-10-6-4-8-18(20)19-9-5-7-11-21(19)22/h4-14,22,25H,15-16H2,1-3H3,(H,31,33). The number of rotatable bonds is 6. The molecule has 1 atom stereocenters. The van der Waals surface area contributed by atoms with E-state index in [1.807, 2.05) is 36.4 Å². The first-order chi connectivity index (χ1) is 16.6. The van der Waals surface area contributed by atoms with E-state index in [9.17, 15) is 14.0 Å². The summed E-state index contributed by atoms with van der Waals surface area (Å²) in [6.45, 7) is 5.31. The van der Waals surface area contributed by atoms with Gasteiger partial charge in [0.1, 0.15) is 24.1 Å². The van der Waals surface area contributed by atoms with Gasteiger partial charge < -0.3 is 14.8 Å². The average Bonchev–Trinajstić information content (AvgIpc) is 3.12. The number of ether oxygens (including phenoxy) is 2. The van der Waals surface area contributed by atoms with Crippen LogP contribution in [0.1, 0.15) is 43.4 Å². The highest BCUT2D eigenvalue weighted by molar-refractivity contribution is 6.30. The van der Waals surface area contributed by atoms with Crippen molar-refractivity contribution in [1.82, 2.24) is 5.32 Å². The first-order valence-corrected chi connectivity index (χ1v) is 11.8. The Bertz CT molecular complexity index is 1210. The second-order valence-electron chi connectivity index (χ2n) is 9.51. The van der Waals surface area contributed by atoms with Gasteiger partial charge in [-0.05, 0) is 60.7 Å². The van der Waals surface area contributed by atoms with Crippen LogP contribution in [-0.2, 0) is 20.7 Å². The summed E-state index contributed by atoms with van der Waals surface area (Å²) >= 11 is 5.77. The highest BCUT2D eigenvalue weighted by Crippen LogP contribution is 2.44. The Morgan fingerprint density at radius 2 is 1.60 bits per heavy atom. The highest BCUT2D eigenvalue weighted by atomic mass is 35.5. The summed E-state index contributed by atoms with van der Waals surface area (Å²) in [5, 5.41) is 2.58. The minimum Gasteiger partial charge on any atom is -0.458 e. The summed E-state index contributed by atoms with van der Waals surface area (Å²) in [5.41, 5.74) is 4.14. The normalized spacial score (nSPS) is 13.5. The molecule has 0 fully saturated rings. The molecule has 0 aromatic heterocycles. The Hall–Kier alpha value is -3.38. The molecule has 0 heterocycles. The monoisotopic (exact) mass is 495 g/mol. The Kier molecular flexibility index (Phi) is 7.13. The number of fused-ring (bicyclic) bond motifs is 3. The van der Waals surface area contributed by atoms with Crippen LogP contribution in [-0.4, -0.2) is 30.3 Å². The number of nitrogens with one attached hydrogen (secondary N) is 1. The lowest BCUT2D eigenvalue weighted by Crippen LogP contribution is -2.46. The van der Waals surface area contributed by atoms with E-state index in [0.29, 0.717) is 5.56 Å². The smallest absolute Gasteiger partial charge is 0.407 e. The average molecular weight is 496 g/mol. The quantitative estimate of drug-likeness (QED) is 0.409. The van der Waals surface area contributed by atoms with Gasteiger partial charge in [-0.15, -0.1) is 0 Å². The largest absolute Gasteiger partial charge is 0.458 e. The minimum atomic E-state index is -1.06. The zero-order valence-corrected chi connectivity index (χ0v) is 20.6. The number of benzene rings is 3. The van der Waals surface area contributed by atoms with E-state index in [-0.39, 0.29) is 24.0 Å².